The predicted octanol–water partition coefficient (Wildman–Crippen LogP) is 4.20. The van der Waals surface area contributed by atoms with Crippen molar-refractivity contribution in [2.75, 3.05) is 6.61 Å². The molecule has 1 amide bonds. The maximum Gasteiger partial charge on any atom is 0.251 e. The largest absolute Gasteiger partial charge is 0.490 e. The average molecular weight is 375 g/mol. The lowest BCUT2D eigenvalue weighted by Crippen LogP contribution is -2.26. The topological polar surface area (TPSA) is 77.5 Å². The molecule has 0 bridgehead atoms. The van der Waals surface area contributed by atoms with E-state index in [1.165, 1.54) is 0 Å². The van der Waals surface area contributed by atoms with Gasteiger partial charge in [-0.2, -0.15) is 0 Å². The second-order valence-electron chi connectivity index (χ2n) is 5.85. The summed E-state index contributed by atoms with van der Waals surface area (Å²) < 4.78 is 11.5. The van der Waals surface area contributed by atoms with Gasteiger partial charge >= 0.3 is 0 Å². The molecule has 0 saturated carbocycles. The van der Waals surface area contributed by atoms with Crippen molar-refractivity contribution in [2.45, 2.75) is 26.4 Å². The quantitative estimate of drug-likeness (QED) is 0.677. The third-order valence-corrected chi connectivity index (χ3v) is 4.05. The van der Waals surface area contributed by atoms with Crippen LogP contribution < -0.4 is 15.8 Å². The van der Waals surface area contributed by atoms with Crippen molar-refractivity contribution in [2.24, 2.45) is 5.73 Å². The molecule has 0 aliphatic carbocycles. The van der Waals surface area contributed by atoms with Crippen molar-refractivity contribution in [1.29, 1.82) is 0 Å². The number of fused-ring (bicyclic) bond motifs is 1. The Morgan fingerprint density at radius 2 is 1.96 bits per heavy atom. The van der Waals surface area contributed by atoms with Crippen LogP contribution in [0.2, 0.25) is 0 Å². The first-order valence-corrected chi connectivity index (χ1v) is 8.37. The smallest absolute Gasteiger partial charge is 0.251 e. The number of carbonyl (C=O) groups is 1. The molecule has 0 spiro atoms. The van der Waals surface area contributed by atoms with E-state index in [2.05, 4.69) is 5.32 Å². The van der Waals surface area contributed by atoms with Crippen LogP contribution in [0.3, 0.4) is 0 Å². The molecule has 0 aliphatic heterocycles. The molecule has 138 valence electrons. The Kier molecular flexibility index (Phi) is 6.66. The van der Waals surface area contributed by atoms with Crippen LogP contribution in [0.5, 0.6) is 5.75 Å². The summed E-state index contributed by atoms with van der Waals surface area (Å²) in [5.74, 6) is 1.25. The minimum Gasteiger partial charge on any atom is -0.490 e. The normalized spacial score (nSPS) is 11.7. The minimum atomic E-state index is -0.261. The molecule has 3 rings (SSSR count). The third-order valence-electron chi connectivity index (χ3n) is 4.05. The number of furan rings is 1. The molecule has 6 heteroatoms. The summed E-state index contributed by atoms with van der Waals surface area (Å²) in [6, 6.07) is 14.7. The van der Waals surface area contributed by atoms with E-state index < -0.39 is 0 Å². The Morgan fingerprint density at radius 3 is 2.62 bits per heavy atom. The molecule has 1 aromatic heterocycles. The molecule has 1 heterocycles. The van der Waals surface area contributed by atoms with Gasteiger partial charge in [0.15, 0.2) is 11.3 Å². The van der Waals surface area contributed by atoms with Crippen LogP contribution in [0.25, 0.3) is 11.0 Å². The molecule has 0 aliphatic rings. The fraction of sp³-hybridized carbons (Fsp3) is 0.250. The zero-order valence-electron chi connectivity index (χ0n) is 14.8. The second-order valence-corrected chi connectivity index (χ2v) is 5.85. The van der Waals surface area contributed by atoms with Crippen LogP contribution in [-0.4, -0.2) is 12.5 Å². The number of hydrogen-bond acceptors (Lipinski definition) is 4. The van der Waals surface area contributed by atoms with Gasteiger partial charge < -0.3 is 20.2 Å². The van der Waals surface area contributed by atoms with Gasteiger partial charge in [0.05, 0.1) is 12.6 Å². The van der Waals surface area contributed by atoms with Gasteiger partial charge in [0, 0.05) is 17.5 Å². The van der Waals surface area contributed by atoms with E-state index in [0.717, 1.165) is 10.9 Å². The number of nitrogens with one attached hydrogen (secondary N) is 1. The lowest BCUT2D eigenvalue weighted by atomic mass is 10.1. The molecule has 2 aromatic carbocycles. The Hall–Kier alpha value is -2.50. The standard InChI is InChI=1S/C20H22N2O3.ClH/c1-3-24-17-6-4-5-16-11-18(25-19(16)17)13(2)22-20(23)15-9-7-14(12-21)8-10-15;/h4-11,13H,3,12,21H2,1-2H3,(H,22,23);1H. The van der Waals surface area contributed by atoms with E-state index in [9.17, 15) is 4.79 Å². The molecule has 3 aromatic rings. The number of hydrogen-bond donors (Lipinski definition) is 2. The molecule has 0 fully saturated rings. The number of rotatable bonds is 6. The Balaban J connectivity index is 0.00000243. The number of amides is 1. The highest BCUT2D eigenvalue weighted by Gasteiger charge is 2.17. The Labute approximate surface area is 158 Å². The fourth-order valence-electron chi connectivity index (χ4n) is 2.68. The van der Waals surface area contributed by atoms with E-state index >= 15 is 0 Å². The van der Waals surface area contributed by atoms with E-state index in [1.54, 1.807) is 12.1 Å². The van der Waals surface area contributed by atoms with Crippen LogP contribution in [0.4, 0.5) is 0 Å². The number of para-hydroxylation sites is 1. The summed E-state index contributed by atoms with van der Waals surface area (Å²) in [6.45, 7) is 4.85. The van der Waals surface area contributed by atoms with Crippen molar-refractivity contribution >= 4 is 29.3 Å². The van der Waals surface area contributed by atoms with E-state index in [1.807, 2.05) is 50.2 Å². The summed E-state index contributed by atoms with van der Waals surface area (Å²) in [7, 11) is 0. The van der Waals surface area contributed by atoms with Gasteiger partial charge in [0.1, 0.15) is 5.76 Å². The molecular formula is C20H23ClN2O3. The highest BCUT2D eigenvalue weighted by Crippen LogP contribution is 2.31. The third kappa shape index (κ3) is 4.18. The number of halogens is 1. The van der Waals surface area contributed by atoms with E-state index in [4.69, 9.17) is 14.9 Å². The number of ether oxygens (including phenoxy) is 1. The summed E-state index contributed by atoms with van der Waals surface area (Å²) in [5.41, 5.74) is 7.87. The molecule has 1 atom stereocenters. The second kappa shape index (κ2) is 8.74. The first-order chi connectivity index (χ1) is 12.1. The van der Waals surface area contributed by atoms with Crippen molar-refractivity contribution in [1.82, 2.24) is 5.32 Å². The Bertz CT molecular complexity index is 874. The number of nitrogens with two attached hydrogens (primary N) is 1. The molecule has 0 radical (unpaired) electrons. The number of carbonyl (C=O) groups excluding carboxylic acids is 1. The molecule has 0 saturated heterocycles. The summed E-state index contributed by atoms with van der Waals surface area (Å²) in [4.78, 5) is 12.4. The lowest BCUT2D eigenvalue weighted by Gasteiger charge is -2.11. The summed E-state index contributed by atoms with van der Waals surface area (Å²) in [5, 5.41) is 3.91. The van der Waals surface area contributed by atoms with Crippen LogP contribution in [0.1, 0.15) is 41.6 Å². The summed E-state index contributed by atoms with van der Waals surface area (Å²) in [6.07, 6.45) is 0. The maximum atomic E-state index is 12.4. The van der Waals surface area contributed by atoms with Crippen molar-refractivity contribution in [3.63, 3.8) is 0 Å². The van der Waals surface area contributed by atoms with Crippen molar-refractivity contribution in [3.8, 4) is 5.75 Å². The first-order valence-electron chi connectivity index (χ1n) is 8.37. The number of benzene rings is 2. The minimum absolute atomic E-state index is 0. The van der Waals surface area contributed by atoms with Gasteiger partial charge in [-0.25, -0.2) is 0 Å². The van der Waals surface area contributed by atoms with E-state index in [0.29, 0.717) is 35.8 Å². The highest BCUT2D eigenvalue weighted by molar-refractivity contribution is 5.94. The lowest BCUT2D eigenvalue weighted by molar-refractivity contribution is 0.0935. The predicted molar refractivity (Wildman–Crippen MR) is 105 cm³/mol. The van der Waals surface area contributed by atoms with Gasteiger partial charge in [0.25, 0.3) is 5.91 Å². The zero-order valence-corrected chi connectivity index (χ0v) is 15.6. The van der Waals surface area contributed by atoms with Gasteiger partial charge in [0.2, 0.25) is 0 Å². The van der Waals surface area contributed by atoms with Gasteiger partial charge in [-0.1, -0.05) is 24.3 Å². The van der Waals surface area contributed by atoms with Gasteiger partial charge in [-0.05, 0) is 43.7 Å². The van der Waals surface area contributed by atoms with Crippen molar-refractivity contribution in [3.05, 3.63) is 65.4 Å². The SMILES string of the molecule is CCOc1cccc2cc(C(C)NC(=O)c3ccc(CN)cc3)oc12.Cl. The zero-order chi connectivity index (χ0) is 17.8. The van der Waals surface area contributed by atoms with Gasteiger partial charge in [-0.15, -0.1) is 12.4 Å². The molecular weight excluding hydrogens is 352 g/mol. The fourth-order valence-corrected chi connectivity index (χ4v) is 2.68. The maximum absolute atomic E-state index is 12.4. The average Bonchev–Trinajstić information content (AvgIpc) is 3.07. The molecule has 1 unspecified atom stereocenters. The van der Waals surface area contributed by atoms with Crippen LogP contribution >= 0.6 is 12.4 Å². The van der Waals surface area contributed by atoms with Crippen LogP contribution in [0, 0.1) is 0 Å². The van der Waals surface area contributed by atoms with Crippen molar-refractivity contribution < 1.29 is 13.9 Å². The molecule has 26 heavy (non-hydrogen) atoms. The van der Waals surface area contributed by atoms with Crippen LogP contribution in [-0.2, 0) is 6.54 Å². The molecule has 5 nitrogen and oxygen atoms in total. The molecule has 3 N–H and O–H groups in total. The summed E-state index contributed by atoms with van der Waals surface area (Å²) >= 11 is 0. The van der Waals surface area contributed by atoms with Crippen LogP contribution in [0.15, 0.2) is 52.9 Å². The van der Waals surface area contributed by atoms with Gasteiger partial charge in [-0.3, -0.25) is 4.79 Å². The highest BCUT2D eigenvalue weighted by atomic mass is 35.5. The van der Waals surface area contributed by atoms with E-state index in [-0.39, 0.29) is 24.4 Å². The first kappa shape index (κ1) is 19.8. The Morgan fingerprint density at radius 1 is 1.23 bits per heavy atom. The monoisotopic (exact) mass is 374 g/mol.